The van der Waals surface area contributed by atoms with Crippen LogP contribution in [0, 0.1) is 17.5 Å². The lowest BCUT2D eigenvalue weighted by Gasteiger charge is -2.24. The standard InChI is InChI=1S/C32H24ClF3N2O5/c1-32(22-8-7-19(33)15-25(22)36)42-28-5-3-4-20(30(28)43-32)18-12-23(34)21(24(35)13-18)16-29-37-26-9-6-17(31(39)40)14-27(26)38(29)10-11-41-2/h3-9,12-15H,10-11,16H2,1-2H3,(H,39,40)/t32-/m1/s1. The molecule has 4 aromatic carbocycles. The summed E-state index contributed by atoms with van der Waals surface area (Å²) in [6.07, 6.45) is -0.195. The first-order valence-corrected chi connectivity index (χ1v) is 13.6. The second-order valence-corrected chi connectivity index (χ2v) is 10.6. The number of aromatic nitrogens is 2. The third-order valence-corrected chi connectivity index (χ3v) is 7.62. The van der Waals surface area contributed by atoms with Gasteiger partial charge in [0.05, 0.1) is 28.8 Å². The largest absolute Gasteiger partial charge is 0.478 e. The molecule has 0 fully saturated rings. The number of aromatic carboxylic acids is 1. The van der Waals surface area contributed by atoms with Gasteiger partial charge in [0.2, 0.25) is 0 Å². The van der Waals surface area contributed by atoms with Crippen LogP contribution in [0.1, 0.15) is 34.2 Å². The second kappa shape index (κ2) is 10.9. The van der Waals surface area contributed by atoms with Gasteiger partial charge in [-0.3, -0.25) is 0 Å². The minimum Gasteiger partial charge on any atom is -0.478 e. The maximum absolute atomic E-state index is 15.6. The molecule has 1 aromatic heterocycles. The highest BCUT2D eigenvalue weighted by atomic mass is 35.5. The Hall–Kier alpha value is -4.54. The van der Waals surface area contributed by atoms with E-state index in [9.17, 15) is 14.3 Å². The SMILES string of the molecule is COCCn1c(Cc2c(F)cc(-c3cccc4c3O[C@](C)(c3ccc(Cl)cc3F)O4)cc2F)nc2ccc(C(=O)O)cc21. The van der Waals surface area contributed by atoms with Gasteiger partial charge < -0.3 is 23.9 Å². The van der Waals surface area contributed by atoms with Gasteiger partial charge in [-0.05, 0) is 60.2 Å². The molecule has 11 heteroatoms. The molecule has 0 radical (unpaired) electrons. The lowest BCUT2D eigenvalue weighted by molar-refractivity contribution is -0.0705. The lowest BCUT2D eigenvalue weighted by atomic mass is 10.00. The Morgan fingerprint density at radius 3 is 2.49 bits per heavy atom. The Morgan fingerprint density at radius 1 is 1.02 bits per heavy atom. The molecule has 1 N–H and O–H groups in total. The van der Waals surface area contributed by atoms with Crippen LogP contribution in [0.25, 0.3) is 22.2 Å². The van der Waals surface area contributed by atoms with Crippen molar-refractivity contribution in [3.8, 4) is 22.6 Å². The summed E-state index contributed by atoms with van der Waals surface area (Å²) < 4.78 is 65.0. The normalized spacial score (nSPS) is 15.8. The fourth-order valence-corrected chi connectivity index (χ4v) is 5.44. The molecule has 0 amide bonds. The number of ether oxygens (including phenoxy) is 3. The van der Waals surface area contributed by atoms with E-state index in [4.69, 9.17) is 25.8 Å². The summed E-state index contributed by atoms with van der Waals surface area (Å²) in [5, 5.41) is 9.64. The molecule has 7 nitrogen and oxygen atoms in total. The zero-order chi connectivity index (χ0) is 30.5. The van der Waals surface area contributed by atoms with Crippen LogP contribution in [-0.4, -0.2) is 34.3 Å². The molecular formula is C32H24ClF3N2O5. The summed E-state index contributed by atoms with van der Waals surface area (Å²) in [4.78, 5) is 16.1. The van der Waals surface area contributed by atoms with Crippen molar-refractivity contribution in [3.63, 3.8) is 0 Å². The maximum Gasteiger partial charge on any atom is 0.335 e. The van der Waals surface area contributed by atoms with Gasteiger partial charge in [-0.25, -0.2) is 22.9 Å². The average Bonchev–Trinajstić information content (AvgIpc) is 3.49. The number of halogens is 4. The van der Waals surface area contributed by atoms with E-state index < -0.39 is 29.2 Å². The molecule has 2 heterocycles. The number of carboxylic acid groups (broad SMARTS) is 1. The van der Waals surface area contributed by atoms with E-state index in [-0.39, 0.29) is 51.8 Å². The van der Waals surface area contributed by atoms with Crippen molar-refractivity contribution >= 4 is 28.6 Å². The average molecular weight is 609 g/mol. The number of rotatable bonds is 8. The summed E-state index contributed by atoms with van der Waals surface area (Å²) in [5.41, 5.74) is 1.52. The predicted octanol–water partition coefficient (Wildman–Crippen LogP) is 7.35. The van der Waals surface area contributed by atoms with Gasteiger partial charge in [-0.2, -0.15) is 0 Å². The molecular weight excluding hydrogens is 585 g/mol. The minimum absolute atomic E-state index is 0.0656. The third-order valence-electron chi connectivity index (χ3n) is 7.38. The van der Waals surface area contributed by atoms with Gasteiger partial charge in [0.15, 0.2) is 11.5 Å². The van der Waals surface area contributed by atoms with Crippen molar-refractivity contribution in [1.82, 2.24) is 9.55 Å². The fourth-order valence-electron chi connectivity index (χ4n) is 5.28. The van der Waals surface area contributed by atoms with Crippen molar-refractivity contribution in [1.29, 1.82) is 0 Å². The quantitative estimate of drug-likeness (QED) is 0.198. The highest BCUT2D eigenvalue weighted by molar-refractivity contribution is 6.30. The number of carbonyl (C=O) groups is 1. The smallest absolute Gasteiger partial charge is 0.335 e. The van der Waals surface area contributed by atoms with Crippen LogP contribution in [0.15, 0.2) is 66.7 Å². The van der Waals surface area contributed by atoms with Crippen LogP contribution < -0.4 is 9.47 Å². The molecule has 0 spiro atoms. The first kappa shape index (κ1) is 28.6. The molecule has 43 heavy (non-hydrogen) atoms. The highest BCUT2D eigenvalue weighted by Gasteiger charge is 2.42. The summed E-state index contributed by atoms with van der Waals surface area (Å²) in [7, 11) is 1.52. The molecule has 0 saturated carbocycles. The lowest BCUT2D eigenvalue weighted by Crippen LogP contribution is -2.32. The van der Waals surface area contributed by atoms with Crippen LogP contribution in [0.5, 0.6) is 11.5 Å². The topological polar surface area (TPSA) is 82.8 Å². The van der Waals surface area contributed by atoms with E-state index in [1.54, 1.807) is 35.8 Å². The summed E-state index contributed by atoms with van der Waals surface area (Å²) in [6.45, 7) is 2.12. The Labute approximate surface area is 249 Å². The van der Waals surface area contributed by atoms with E-state index >= 15 is 8.78 Å². The Morgan fingerprint density at radius 2 is 1.79 bits per heavy atom. The zero-order valence-electron chi connectivity index (χ0n) is 23.0. The van der Waals surface area contributed by atoms with Gasteiger partial charge >= 0.3 is 5.97 Å². The predicted molar refractivity (Wildman–Crippen MR) is 153 cm³/mol. The summed E-state index contributed by atoms with van der Waals surface area (Å²) in [6, 6.07) is 15.9. The van der Waals surface area contributed by atoms with Crippen LogP contribution in [0.3, 0.4) is 0 Å². The van der Waals surface area contributed by atoms with Crippen LogP contribution in [-0.2, 0) is 23.5 Å². The molecule has 0 aliphatic carbocycles. The Kier molecular flexibility index (Phi) is 7.27. The monoisotopic (exact) mass is 608 g/mol. The Balaban J connectivity index is 1.35. The van der Waals surface area contributed by atoms with Gasteiger partial charge in [0.1, 0.15) is 23.3 Å². The van der Waals surface area contributed by atoms with Crippen molar-refractivity contribution in [3.05, 3.63) is 112 Å². The van der Waals surface area contributed by atoms with E-state index in [0.29, 0.717) is 29.0 Å². The fraction of sp³-hybridized carbons (Fsp3) is 0.188. The number of imidazole rings is 1. The van der Waals surface area contributed by atoms with Gasteiger partial charge in [-0.15, -0.1) is 0 Å². The summed E-state index contributed by atoms with van der Waals surface area (Å²) >= 11 is 5.90. The molecule has 1 atom stereocenters. The zero-order valence-corrected chi connectivity index (χ0v) is 23.7. The minimum atomic E-state index is -1.54. The molecule has 5 aromatic rings. The van der Waals surface area contributed by atoms with Gasteiger partial charge in [0.25, 0.3) is 5.79 Å². The third kappa shape index (κ3) is 5.17. The Bertz CT molecular complexity index is 1890. The van der Waals surface area contributed by atoms with Crippen LogP contribution in [0.4, 0.5) is 13.2 Å². The first-order chi connectivity index (χ1) is 20.6. The van der Waals surface area contributed by atoms with Crippen molar-refractivity contribution in [2.45, 2.75) is 25.7 Å². The number of methoxy groups -OCH3 is 1. The molecule has 0 bridgehead atoms. The van der Waals surface area contributed by atoms with Crippen molar-refractivity contribution in [2.24, 2.45) is 0 Å². The van der Waals surface area contributed by atoms with E-state index in [2.05, 4.69) is 4.98 Å². The number of fused-ring (bicyclic) bond motifs is 2. The van der Waals surface area contributed by atoms with E-state index in [1.807, 2.05) is 0 Å². The number of carboxylic acids is 1. The maximum atomic E-state index is 15.6. The van der Waals surface area contributed by atoms with Gasteiger partial charge in [-0.1, -0.05) is 23.7 Å². The van der Waals surface area contributed by atoms with E-state index in [0.717, 1.165) is 6.07 Å². The highest BCUT2D eigenvalue weighted by Crippen LogP contribution is 2.50. The number of hydrogen-bond acceptors (Lipinski definition) is 5. The number of hydrogen-bond donors (Lipinski definition) is 1. The van der Waals surface area contributed by atoms with Crippen LogP contribution >= 0.6 is 11.6 Å². The molecule has 1 aliphatic rings. The first-order valence-electron chi connectivity index (χ1n) is 13.2. The van der Waals surface area contributed by atoms with Gasteiger partial charge in [0, 0.05) is 43.1 Å². The number of benzene rings is 4. The molecule has 0 unspecified atom stereocenters. The second-order valence-electron chi connectivity index (χ2n) is 10.2. The van der Waals surface area contributed by atoms with Crippen LogP contribution in [0.2, 0.25) is 5.02 Å². The number of nitrogens with zero attached hydrogens (tertiary/aromatic N) is 2. The molecule has 6 rings (SSSR count). The molecule has 220 valence electrons. The molecule has 1 aliphatic heterocycles. The van der Waals surface area contributed by atoms with E-state index in [1.165, 1.54) is 43.5 Å². The van der Waals surface area contributed by atoms with Crippen molar-refractivity contribution in [2.75, 3.05) is 13.7 Å². The summed E-state index contributed by atoms with van der Waals surface area (Å²) in [5.74, 6) is -4.04. The number of para-hydroxylation sites is 1. The molecule has 0 saturated heterocycles. The van der Waals surface area contributed by atoms with Crippen molar-refractivity contribution < 1.29 is 37.3 Å².